The van der Waals surface area contributed by atoms with Crippen LogP contribution >= 0.6 is 0 Å². The predicted octanol–water partition coefficient (Wildman–Crippen LogP) is 5.09. The van der Waals surface area contributed by atoms with E-state index in [9.17, 15) is 8.42 Å². The number of fused-ring (bicyclic) bond motifs is 1. The highest BCUT2D eigenvalue weighted by atomic mass is 32.2. The van der Waals surface area contributed by atoms with Crippen LogP contribution in [0.15, 0.2) is 89.8 Å². The van der Waals surface area contributed by atoms with E-state index in [4.69, 9.17) is 9.47 Å². The molecule has 0 aromatic heterocycles. The van der Waals surface area contributed by atoms with Crippen LogP contribution in [0.1, 0.15) is 25.0 Å². The van der Waals surface area contributed by atoms with Gasteiger partial charge in [0.15, 0.2) is 0 Å². The molecule has 8 heteroatoms. The van der Waals surface area contributed by atoms with E-state index in [1.807, 2.05) is 48.5 Å². The Balaban J connectivity index is 1.36. The molecule has 0 radical (unpaired) electrons. The number of rotatable bonds is 10. The normalized spacial score (nSPS) is 14.3. The van der Waals surface area contributed by atoms with Gasteiger partial charge in [-0.3, -0.25) is 0 Å². The van der Waals surface area contributed by atoms with Crippen LogP contribution < -0.4 is 24.4 Å². The molecule has 0 saturated carbocycles. The molecule has 1 aliphatic rings. The number of ether oxygens (including phenoxy) is 2. The van der Waals surface area contributed by atoms with Crippen molar-refractivity contribution >= 4 is 26.5 Å². The summed E-state index contributed by atoms with van der Waals surface area (Å²) in [6.07, 6.45) is 0. The van der Waals surface area contributed by atoms with Crippen LogP contribution in [-0.4, -0.2) is 48.3 Å². The van der Waals surface area contributed by atoms with Crippen molar-refractivity contribution < 1.29 is 17.9 Å². The van der Waals surface area contributed by atoms with Crippen molar-refractivity contribution in [3.05, 3.63) is 96.1 Å². The molecule has 1 fully saturated rings. The number of methoxy groups -OCH3 is 1. The SMILES string of the molecule is COc1ccc(S(=O)(=O)NCC(C)(C)c2cccc3ccc(OCc4ccccc4)cc23)cc1N1CCNCC1. The first kappa shape index (κ1) is 28.0. The maximum Gasteiger partial charge on any atom is 0.240 e. The molecule has 1 aliphatic heterocycles. The fraction of sp³-hybridized carbons (Fsp3) is 0.312. The predicted molar refractivity (Wildman–Crippen MR) is 161 cm³/mol. The van der Waals surface area contributed by atoms with E-state index in [-0.39, 0.29) is 11.4 Å². The first-order valence-electron chi connectivity index (χ1n) is 13.6. The van der Waals surface area contributed by atoms with E-state index in [0.29, 0.717) is 12.4 Å². The highest BCUT2D eigenvalue weighted by molar-refractivity contribution is 7.89. The lowest BCUT2D eigenvalue weighted by molar-refractivity contribution is 0.306. The van der Waals surface area contributed by atoms with Gasteiger partial charge in [0.2, 0.25) is 10.0 Å². The smallest absolute Gasteiger partial charge is 0.240 e. The molecule has 4 aromatic rings. The topological polar surface area (TPSA) is 79.9 Å². The van der Waals surface area contributed by atoms with Gasteiger partial charge in [-0.1, -0.05) is 68.4 Å². The molecule has 0 unspecified atom stereocenters. The van der Waals surface area contributed by atoms with Crippen molar-refractivity contribution in [1.29, 1.82) is 0 Å². The third-order valence-electron chi connectivity index (χ3n) is 7.45. The van der Waals surface area contributed by atoms with Gasteiger partial charge < -0.3 is 19.7 Å². The number of anilines is 1. The van der Waals surface area contributed by atoms with Crippen LogP contribution in [-0.2, 0) is 22.0 Å². The van der Waals surface area contributed by atoms with Crippen LogP contribution in [0.5, 0.6) is 11.5 Å². The summed E-state index contributed by atoms with van der Waals surface area (Å²) in [5.41, 5.74) is 2.46. The molecule has 1 saturated heterocycles. The Morgan fingerprint density at radius 2 is 1.70 bits per heavy atom. The van der Waals surface area contributed by atoms with Crippen molar-refractivity contribution in [2.45, 2.75) is 30.8 Å². The quantitative estimate of drug-likeness (QED) is 0.282. The van der Waals surface area contributed by atoms with E-state index in [0.717, 1.165) is 59.5 Å². The van der Waals surface area contributed by atoms with Crippen LogP contribution in [0, 0.1) is 0 Å². The second kappa shape index (κ2) is 11.9. The molecular formula is C32H37N3O4S. The number of benzene rings is 4. The van der Waals surface area contributed by atoms with E-state index in [1.54, 1.807) is 25.3 Å². The van der Waals surface area contributed by atoms with Crippen molar-refractivity contribution in [2.75, 3.05) is 44.7 Å². The van der Waals surface area contributed by atoms with Gasteiger partial charge in [-0.25, -0.2) is 13.1 Å². The van der Waals surface area contributed by atoms with E-state index in [1.165, 1.54) is 0 Å². The summed E-state index contributed by atoms with van der Waals surface area (Å²) in [4.78, 5) is 2.39. The number of hydrogen-bond donors (Lipinski definition) is 2. The highest BCUT2D eigenvalue weighted by Crippen LogP contribution is 2.34. The van der Waals surface area contributed by atoms with Gasteiger partial charge in [-0.15, -0.1) is 0 Å². The Morgan fingerprint density at radius 3 is 2.45 bits per heavy atom. The zero-order valence-corrected chi connectivity index (χ0v) is 24.1. The van der Waals surface area contributed by atoms with Gasteiger partial charge in [0, 0.05) is 38.1 Å². The van der Waals surface area contributed by atoms with E-state index in [2.05, 4.69) is 47.0 Å². The molecule has 210 valence electrons. The van der Waals surface area contributed by atoms with Gasteiger partial charge in [0.05, 0.1) is 17.7 Å². The van der Waals surface area contributed by atoms with Crippen molar-refractivity contribution in [3.63, 3.8) is 0 Å². The zero-order valence-electron chi connectivity index (χ0n) is 23.3. The number of hydrogen-bond acceptors (Lipinski definition) is 6. The second-order valence-corrected chi connectivity index (χ2v) is 12.5. The minimum atomic E-state index is -3.76. The summed E-state index contributed by atoms with van der Waals surface area (Å²) in [5.74, 6) is 1.45. The lowest BCUT2D eigenvalue weighted by Crippen LogP contribution is -2.43. The monoisotopic (exact) mass is 559 g/mol. The highest BCUT2D eigenvalue weighted by Gasteiger charge is 2.27. The zero-order chi connectivity index (χ0) is 28.2. The van der Waals surface area contributed by atoms with E-state index < -0.39 is 15.4 Å². The Kier molecular flexibility index (Phi) is 8.30. The summed E-state index contributed by atoms with van der Waals surface area (Å²) >= 11 is 0. The molecule has 7 nitrogen and oxygen atoms in total. The average molecular weight is 560 g/mol. The number of nitrogens with zero attached hydrogens (tertiary/aromatic N) is 1. The lowest BCUT2D eigenvalue weighted by Gasteiger charge is -2.31. The average Bonchev–Trinajstić information content (AvgIpc) is 2.99. The summed E-state index contributed by atoms with van der Waals surface area (Å²) in [6.45, 7) is 8.10. The Morgan fingerprint density at radius 1 is 0.925 bits per heavy atom. The number of piperazine rings is 1. The molecule has 2 N–H and O–H groups in total. The standard InChI is InChI=1S/C32H37N3O4S/c1-32(2,23-34-40(36,37)27-14-15-31(38-3)30(21-27)35-18-16-33-17-19-35)29-11-7-10-25-12-13-26(20-28(25)29)39-22-24-8-5-4-6-9-24/h4-15,20-21,33-34H,16-19,22-23H2,1-3H3. The molecular weight excluding hydrogens is 522 g/mol. The largest absolute Gasteiger partial charge is 0.495 e. The fourth-order valence-corrected chi connectivity index (χ4v) is 6.35. The van der Waals surface area contributed by atoms with Gasteiger partial charge in [0.1, 0.15) is 18.1 Å². The minimum Gasteiger partial charge on any atom is -0.495 e. The van der Waals surface area contributed by atoms with Crippen molar-refractivity contribution in [3.8, 4) is 11.5 Å². The molecule has 0 aliphatic carbocycles. The summed E-state index contributed by atoms with van der Waals surface area (Å²) in [7, 11) is -2.15. The summed E-state index contributed by atoms with van der Waals surface area (Å²) < 4.78 is 41.5. The third kappa shape index (κ3) is 6.25. The molecule has 1 heterocycles. The van der Waals surface area contributed by atoms with Gasteiger partial charge in [-0.2, -0.15) is 0 Å². The van der Waals surface area contributed by atoms with Crippen LogP contribution in [0.3, 0.4) is 0 Å². The van der Waals surface area contributed by atoms with Gasteiger partial charge in [0.25, 0.3) is 0 Å². The van der Waals surface area contributed by atoms with E-state index >= 15 is 0 Å². The Labute approximate surface area is 237 Å². The van der Waals surface area contributed by atoms with Crippen molar-refractivity contribution in [1.82, 2.24) is 10.0 Å². The Bertz CT molecular complexity index is 1570. The molecule has 0 bridgehead atoms. The summed E-state index contributed by atoms with van der Waals surface area (Å²) in [5, 5.41) is 5.45. The molecule has 40 heavy (non-hydrogen) atoms. The molecule has 0 atom stereocenters. The molecule has 4 aromatic carbocycles. The van der Waals surface area contributed by atoms with Gasteiger partial charge >= 0.3 is 0 Å². The van der Waals surface area contributed by atoms with Crippen LogP contribution in [0.2, 0.25) is 0 Å². The van der Waals surface area contributed by atoms with Crippen LogP contribution in [0.25, 0.3) is 10.8 Å². The molecule has 0 spiro atoms. The minimum absolute atomic E-state index is 0.229. The molecule has 5 rings (SSSR count). The number of sulfonamides is 1. The lowest BCUT2D eigenvalue weighted by atomic mass is 9.82. The fourth-order valence-electron chi connectivity index (χ4n) is 5.12. The number of nitrogens with one attached hydrogen (secondary N) is 2. The maximum atomic E-state index is 13.5. The maximum absolute atomic E-state index is 13.5. The van der Waals surface area contributed by atoms with Crippen LogP contribution in [0.4, 0.5) is 5.69 Å². The second-order valence-electron chi connectivity index (χ2n) is 10.7. The first-order valence-corrected chi connectivity index (χ1v) is 15.1. The molecule has 0 amide bonds. The third-order valence-corrected chi connectivity index (χ3v) is 8.85. The van der Waals surface area contributed by atoms with Crippen molar-refractivity contribution in [2.24, 2.45) is 0 Å². The summed E-state index contributed by atoms with van der Waals surface area (Å²) in [6, 6.07) is 27.3. The van der Waals surface area contributed by atoms with Gasteiger partial charge in [-0.05, 0) is 52.2 Å². The Hall–Kier alpha value is -3.59. The first-order chi connectivity index (χ1) is 19.3.